The van der Waals surface area contributed by atoms with E-state index in [4.69, 9.17) is 16.5 Å². The van der Waals surface area contributed by atoms with Crippen molar-refractivity contribution in [1.29, 1.82) is 0 Å². The molecule has 0 atom stereocenters. The van der Waals surface area contributed by atoms with Gasteiger partial charge in [-0.25, -0.2) is 14.2 Å². The third kappa shape index (κ3) is 4.05. The summed E-state index contributed by atoms with van der Waals surface area (Å²) in [5.41, 5.74) is 5.96. The van der Waals surface area contributed by atoms with Crippen LogP contribution in [-0.2, 0) is 13.6 Å². The molecule has 0 saturated carbocycles. The van der Waals surface area contributed by atoms with Gasteiger partial charge in [0, 0.05) is 30.1 Å². The zero-order valence-electron chi connectivity index (χ0n) is 21.2. The molecule has 0 bridgehead atoms. The lowest BCUT2D eigenvalue weighted by atomic mass is 9.80. The monoisotopic (exact) mass is 493 g/mol. The van der Waals surface area contributed by atoms with E-state index >= 15 is 0 Å². The Bertz CT molecular complexity index is 1680. The van der Waals surface area contributed by atoms with Crippen molar-refractivity contribution in [2.75, 3.05) is 20.1 Å². The number of rotatable bonds is 4. The molecule has 0 unspecified atom stereocenters. The summed E-state index contributed by atoms with van der Waals surface area (Å²) in [7, 11) is 4.09. The molecular weight excluding hydrogens is 465 g/mol. The summed E-state index contributed by atoms with van der Waals surface area (Å²) in [6.45, 7) is 12.6. The lowest BCUT2D eigenvalue weighted by Crippen LogP contribution is -2.38. The van der Waals surface area contributed by atoms with E-state index in [1.165, 1.54) is 12.1 Å². The number of benzene rings is 2. The molecule has 1 fully saturated rings. The van der Waals surface area contributed by atoms with Crippen molar-refractivity contribution in [3.63, 3.8) is 0 Å². The van der Waals surface area contributed by atoms with Crippen molar-refractivity contribution >= 4 is 27.6 Å². The molecule has 37 heavy (non-hydrogen) atoms. The SMILES string of the molecule is [C-]#[N+]c1ccc(-c2c(-c3ccc4c(cnn4C)c3)ncc3c2ncn3CC2(C)CCN(C)CC2)cc1F. The third-order valence-corrected chi connectivity index (χ3v) is 7.79. The number of aromatic nitrogens is 5. The quantitative estimate of drug-likeness (QED) is 0.285. The number of hydrogen-bond acceptors (Lipinski definition) is 4. The van der Waals surface area contributed by atoms with Crippen LogP contribution in [0.5, 0.6) is 0 Å². The first-order valence-corrected chi connectivity index (χ1v) is 12.5. The molecule has 0 aliphatic carbocycles. The molecule has 0 amide bonds. The highest BCUT2D eigenvalue weighted by atomic mass is 19.1. The van der Waals surface area contributed by atoms with Gasteiger partial charge < -0.3 is 9.47 Å². The molecule has 3 aromatic heterocycles. The predicted octanol–water partition coefficient (Wildman–Crippen LogP) is 6.07. The van der Waals surface area contributed by atoms with Crippen LogP contribution >= 0.6 is 0 Å². The number of imidazole rings is 1. The molecular formula is C29H28FN7. The van der Waals surface area contributed by atoms with Crippen LogP contribution in [0.15, 0.2) is 55.1 Å². The molecule has 2 aromatic carbocycles. The fourth-order valence-corrected chi connectivity index (χ4v) is 5.43. The largest absolute Gasteiger partial charge is 0.329 e. The van der Waals surface area contributed by atoms with E-state index in [1.54, 1.807) is 6.07 Å². The van der Waals surface area contributed by atoms with Gasteiger partial charge in [-0.05, 0) is 62.2 Å². The minimum Gasteiger partial charge on any atom is -0.329 e. The smallest absolute Gasteiger partial charge is 0.222 e. The third-order valence-electron chi connectivity index (χ3n) is 7.79. The second-order valence-corrected chi connectivity index (χ2v) is 10.5. The minimum absolute atomic E-state index is 0.00272. The predicted molar refractivity (Wildman–Crippen MR) is 144 cm³/mol. The highest BCUT2D eigenvalue weighted by Crippen LogP contribution is 2.39. The van der Waals surface area contributed by atoms with Crippen LogP contribution in [0.3, 0.4) is 0 Å². The van der Waals surface area contributed by atoms with Crippen LogP contribution in [0.4, 0.5) is 10.1 Å². The van der Waals surface area contributed by atoms with Crippen molar-refractivity contribution in [2.45, 2.75) is 26.3 Å². The maximum atomic E-state index is 14.8. The molecule has 1 saturated heterocycles. The van der Waals surface area contributed by atoms with Gasteiger partial charge in [0.25, 0.3) is 0 Å². The molecule has 6 rings (SSSR count). The minimum atomic E-state index is -0.545. The summed E-state index contributed by atoms with van der Waals surface area (Å²) in [6.07, 6.45) is 7.85. The Morgan fingerprint density at radius 1 is 1.00 bits per heavy atom. The Balaban J connectivity index is 1.52. The highest BCUT2D eigenvalue weighted by Gasteiger charge is 2.30. The highest BCUT2D eigenvalue weighted by molar-refractivity contribution is 6.00. The van der Waals surface area contributed by atoms with Crippen molar-refractivity contribution in [3.05, 3.63) is 72.4 Å². The number of fused-ring (bicyclic) bond motifs is 2. The van der Waals surface area contributed by atoms with Gasteiger partial charge in [-0.3, -0.25) is 9.67 Å². The number of piperidine rings is 1. The maximum Gasteiger partial charge on any atom is 0.222 e. The van der Waals surface area contributed by atoms with E-state index in [9.17, 15) is 4.39 Å². The molecule has 0 radical (unpaired) electrons. The van der Waals surface area contributed by atoms with E-state index in [0.717, 1.165) is 71.2 Å². The number of hydrogen-bond donors (Lipinski definition) is 0. The number of halogens is 1. The molecule has 7 nitrogen and oxygen atoms in total. The lowest BCUT2D eigenvalue weighted by Gasteiger charge is -2.38. The zero-order chi connectivity index (χ0) is 25.7. The molecule has 0 spiro atoms. The standard InChI is InChI=1S/C29H28FN7/c1-29(9-11-35(3)12-10-29)17-37-18-33-28-25(37)16-32-27(20-6-8-24-21(13-20)15-34-36(24)4)26(28)19-5-7-23(31-2)22(30)14-19/h5-8,13-16,18H,9-12,17H2,1,3-4H3. The van der Waals surface area contributed by atoms with Crippen LogP contribution in [0.1, 0.15) is 19.8 Å². The van der Waals surface area contributed by atoms with E-state index in [2.05, 4.69) is 39.4 Å². The van der Waals surface area contributed by atoms with E-state index < -0.39 is 5.82 Å². The first kappa shape index (κ1) is 23.3. The Morgan fingerprint density at radius 3 is 2.54 bits per heavy atom. The second kappa shape index (κ2) is 8.79. The number of likely N-dealkylation sites (tertiary alicyclic amines) is 1. The topological polar surface area (TPSA) is 56.1 Å². The van der Waals surface area contributed by atoms with Crippen molar-refractivity contribution in [1.82, 2.24) is 29.2 Å². The summed E-state index contributed by atoms with van der Waals surface area (Å²) < 4.78 is 18.8. The van der Waals surface area contributed by atoms with Crippen LogP contribution in [0.25, 0.3) is 49.2 Å². The molecule has 5 aromatic rings. The van der Waals surface area contributed by atoms with Crippen LogP contribution in [0, 0.1) is 17.8 Å². The van der Waals surface area contributed by atoms with Gasteiger partial charge in [0.1, 0.15) is 11.3 Å². The van der Waals surface area contributed by atoms with Gasteiger partial charge >= 0.3 is 0 Å². The molecule has 4 heterocycles. The Morgan fingerprint density at radius 2 is 1.78 bits per heavy atom. The van der Waals surface area contributed by atoms with Gasteiger partial charge in [-0.1, -0.05) is 25.1 Å². The molecule has 1 aliphatic heterocycles. The summed E-state index contributed by atoms with van der Waals surface area (Å²) in [4.78, 5) is 15.4. The first-order valence-electron chi connectivity index (χ1n) is 12.5. The summed E-state index contributed by atoms with van der Waals surface area (Å²) >= 11 is 0. The summed E-state index contributed by atoms with van der Waals surface area (Å²) in [5, 5.41) is 5.36. The van der Waals surface area contributed by atoms with Gasteiger partial charge in [0.15, 0.2) is 0 Å². The maximum absolute atomic E-state index is 14.8. The fraction of sp³-hybridized carbons (Fsp3) is 0.310. The van der Waals surface area contributed by atoms with Crippen LogP contribution in [0.2, 0.25) is 0 Å². The summed E-state index contributed by atoms with van der Waals surface area (Å²) in [6, 6.07) is 10.8. The molecule has 186 valence electrons. The van der Waals surface area contributed by atoms with Gasteiger partial charge in [0.2, 0.25) is 5.69 Å². The number of aryl methyl sites for hydroxylation is 1. The average Bonchev–Trinajstić information content (AvgIpc) is 3.48. The Hall–Kier alpha value is -4.09. The average molecular weight is 494 g/mol. The van der Waals surface area contributed by atoms with E-state index in [1.807, 2.05) is 42.6 Å². The molecule has 0 N–H and O–H groups in total. The van der Waals surface area contributed by atoms with Gasteiger partial charge in [-0.15, -0.1) is 0 Å². The van der Waals surface area contributed by atoms with Gasteiger partial charge in [0.05, 0.1) is 42.0 Å². The Kier molecular flexibility index (Phi) is 5.54. The zero-order valence-corrected chi connectivity index (χ0v) is 21.2. The lowest BCUT2D eigenvalue weighted by molar-refractivity contribution is 0.122. The van der Waals surface area contributed by atoms with Gasteiger partial charge in [-0.2, -0.15) is 5.10 Å². The summed E-state index contributed by atoms with van der Waals surface area (Å²) in [5.74, 6) is -0.545. The van der Waals surface area contributed by atoms with E-state index in [0.29, 0.717) is 5.56 Å². The number of nitrogens with zero attached hydrogens (tertiary/aromatic N) is 7. The molecule has 8 heteroatoms. The van der Waals surface area contributed by atoms with Crippen LogP contribution < -0.4 is 0 Å². The Labute approximate surface area is 215 Å². The second-order valence-electron chi connectivity index (χ2n) is 10.5. The number of pyridine rings is 1. The van der Waals surface area contributed by atoms with Crippen molar-refractivity contribution < 1.29 is 4.39 Å². The van der Waals surface area contributed by atoms with E-state index in [-0.39, 0.29) is 11.1 Å². The van der Waals surface area contributed by atoms with Crippen molar-refractivity contribution in [2.24, 2.45) is 12.5 Å². The fourth-order valence-electron chi connectivity index (χ4n) is 5.43. The van der Waals surface area contributed by atoms with Crippen molar-refractivity contribution in [3.8, 4) is 22.4 Å². The molecule has 1 aliphatic rings. The first-order chi connectivity index (χ1) is 17.8. The normalized spacial score (nSPS) is 15.9. The van der Waals surface area contributed by atoms with Crippen LogP contribution in [-0.4, -0.2) is 49.4 Å².